The van der Waals surface area contributed by atoms with E-state index in [1.54, 1.807) is 24.1 Å². The van der Waals surface area contributed by atoms with Crippen molar-refractivity contribution in [1.29, 1.82) is 0 Å². The molecule has 1 N–H and O–H groups in total. The van der Waals surface area contributed by atoms with Crippen molar-refractivity contribution in [2.75, 3.05) is 18.4 Å². The van der Waals surface area contributed by atoms with Gasteiger partial charge in [0.25, 0.3) is 11.8 Å². The highest BCUT2D eigenvalue weighted by Gasteiger charge is 2.28. The second kappa shape index (κ2) is 6.11. The minimum Gasteiger partial charge on any atom is -0.338 e. The number of hydrogen-bond donors (Lipinski definition) is 1. The summed E-state index contributed by atoms with van der Waals surface area (Å²) in [5.41, 5.74) is 1.97. The molecule has 2 aromatic rings. The van der Waals surface area contributed by atoms with E-state index in [1.165, 1.54) is 10.9 Å². The normalized spacial score (nSPS) is 13.6. The zero-order valence-electron chi connectivity index (χ0n) is 12.8. The number of halogens is 1. The maximum absolute atomic E-state index is 12.6. The van der Waals surface area contributed by atoms with Gasteiger partial charge in [0, 0.05) is 31.5 Å². The van der Waals surface area contributed by atoms with E-state index in [9.17, 15) is 9.59 Å². The molecular weight excluding hydrogens is 362 g/mol. The molecular formula is C15H16BrN5O2. The summed E-state index contributed by atoms with van der Waals surface area (Å²) in [6, 6.07) is 3.47. The van der Waals surface area contributed by atoms with Crippen molar-refractivity contribution in [2.24, 2.45) is 7.05 Å². The van der Waals surface area contributed by atoms with Crippen LogP contribution in [0, 0.1) is 6.92 Å². The Labute approximate surface area is 141 Å². The number of pyridine rings is 1. The van der Waals surface area contributed by atoms with Crippen LogP contribution in [0.3, 0.4) is 0 Å². The molecule has 8 heteroatoms. The fourth-order valence-corrected chi connectivity index (χ4v) is 2.97. The number of nitrogens with one attached hydrogen (secondary N) is 1. The summed E-state index contributed by atoms with van der Waals surface area (Å²) in [5.74, 6) is -0.520. The maximum atomic E-state index is 12.6. The number of nitrogens with zero attached hydrogens (tertiary/aromatic N) is 4. The standard InChI is InChI=1S/C15H16BrN5O2/c1-9-6-10(7-12(16)18-9)19-14(22)13-11(8-17-20(13)2)15(23)21-4-3-5-21/h6-8H,3-5H2,1-2H3,(H,18,19,22). The van der Waals surface area contributed by atoms with Gasteiger partial charge in [-0.05, 0) is 41.4 Å². The molecule has 0 saturated carbocycles. The highest BCUT2D eigenvalue weighted by molar-refractivity contribution is 9.10. The fourth-order valence-electron chi connectivity index (χ4n) is 2.44. The molecule has 0 radical (unpaired) electrons. The summed E-state index contributed by atoms with van der Waals surface area (Å²) in [7, 11) is 1.65. The Bertz CT molecular complexity index is 762. The Balaban J connectivity index is 1.87. The number of aryl methyl sites for hydroxylation is 2. The second-order valence-corrected chi connectivity index (χ2v) is 6.26. The number of rotatable bonds is 3. The lowest BCUT2D eigenvalue weighted by molar-refractivity contribution is 0.0648. The Kier molecular flexibility index (Phi) is 4.16. The summed E-state index contributed by atoms with van der Waals surface area (Å²) < 4.78 is 2.06. The van der Waals surface area contributed by atoms with E-state index in [0.29, 0.717) is 15.9 Å². The Morgan fingerprint density at radius 3 is 2.65 bits per heavy atom. The lowest BCUT2D eigenvalue weighted by atomic mass is 10.1. The molecule has 0 atom stereocenters. The second-order valence-electron chi connectivity index (χ2n) is 5.45. The largest absolute Gasteiger partial charge is 0.338 e. The molecule has 3 rings (SSSR count). The summed E-state index contributed by atoms with van der Waals surface area (Å²) in [5, 5.41) is 6.86. The van der Waals surface area contributed by atoms with Gasteiger partial charge in [-0.1, -0.05) is 0 Å². The number of carbonyl (C=O) groups is 2. The van der Waals surface area contributed by atoms with Crippen molar-refractivity contribution in [1.82, 2.24) is 19.7 Å². The Morgan fingerprint density at radius 1 is 1.30 bits per heavy atom. The Hall–Kier alpha value is -2.22. The molecule has 1 fully saturated rings. The molecule has 0 aliphatic carbocycles. The third-order valence-electron chi connectivity index (χ3n) is 3.71. The topological polar surface area (TPSA) is 80.1 Å². The van der Waals surface area contributed by atoms with E-state index in [0.717, 1.165) is 25.2 Å². The molecule has 0 aromatic carbocycles. The Morgan fingerprint density at radius 2 is 2.04 bits per heavy atom. The van der Waals surface area contributed by atoms with Gasteiger partial charge in [-0.2, -0.15) is 5.10 Å². The van der Waals surface area contributed by atoms with Crippen LogP contribution >= 0.6 is 15.9 Å². The van der Waals surface area contributed by atoms with E-state index >= 15 is 0 Å². The molecule has 0 spiro atoms. The minimum atomic E-state index is -0.369. The van der Waals surface area contributed by atoms with E-state index in [-0.39, 0.29) is 17.5 Å². The van der Waals surface area contributed by atoms with Crippen LogP contribution < -0.4 is 5.32 Å². The molecule has 1 aliphatic heterocycles. The third kappa shape index (κ3) is 3.12. The number of amides is 2. The first kappa shape index (κ1) is 15.7. The van der Waals surface area contributed by atoms with Gasteiger partial charge in [0.2, 0.25) is 0 Å². The van der Waals surface area contributed by atoms with Crippen molar-refractivity contribution in [3.8, 4) is 0 Å². The van der Waals surface area contributed by atoms with E-state index in [2.05, 4.69) is 31.3 Å². The van der Waals surface area contributed by atoms with Gasteiger partial charge in [0.1, 0.15) is 10.3 Å². The monoisotopic (exact) mass is 377 g/mol. The summed E-state index contributed by atoms with van der Waals surface area (Å²) >= 11 is 3.30. The summed E-state index contributed by atoms with van der Waals surface area (Å²) in [6.07, 6.45) is 2.45. The number of hydrogen-bond acceptors (Lipinski definition) is 4. The predicted molar refractivity (Wildman–Crippen MR) is 88.4 cm³/mol. The van der Waals surface area contributed by atoms with Gasteiger partial charge >= 0.3 is 0 Å². The van der Waals surface area contributed by atoms with E-state index in [4.69, 9.17) is 0 Å². The van der Waals surface area contributed by atoms with Crippen LogP contribution in [-0.2, 0) is 7.05 Å². The van der Waals surface area contributed by atoms with Crippen molar-refractivity contribution < 1.29 is 9.59 Å². The molecule has 7 nitrogen and oxygen atoms in total. The molecule has 1 aliphatic rings. The number of carbonyl (C=O) groups excluding carboxylic acids is 2. The van der Waals surface area contributed by atoms with Gasteiger partial charge in [0.15, 0.2) is 0 Å². The van der Waals surface area contributed by atoms with E-state index in [1.807, 2.05) is 6.92 Å². The lowest BCUT2D eigenvalue weighted by Gasteiger charge is -2.30. The van der Waals surface area contributed by atoms with Crippen molar-refractivity contribution in [2.45, 2.75) is 13.3 Å². The van der Waals surface area contributed by atoms with Crippen LogP contribution in [0.25, 0.3) is 0 Å². The van der Waals surface area contributed by atoms with Gasteiger partial charge in [0.05, 0.1) is 11.8 Å². The number of aromatic nitrogens is 3. The molecule has 2 amide bonds. The predicted octanol–water partition coefficient (Wildman–Crippen LogP) is 1.98. The quantitative estimate of drug-likeness (QED) is 0.829. The van der Waals surface area contributed by atoms with Gasteiger partial charge in [-0.15, -0.1) is 0 Å². The van der Waals surface area contributed by atoms with E-state index < -0.39 is 0 Å². The SMILES string of the molecule is Cc1cc(NC(=O)c2c(C(=O)N3CCC3)cnn2C)cc(Br)n1. The highest BCUT2D eigenvalue weighted by atomic mass is 79.9. The van der Waals surface area contributed by atoms with Gasteiger partial charge in [-0.3, -0.25) is 14.3 Å². The molecule has 3 heterocycles. The zero-order chi connectivity index (χ0) is 16.6. The molecule has 1 saturated heterocycles. The molecule has 0 unspecified atom stereocenters. The minimum absolute atomic E-state index is 0.151. The first-order valence-electron chi connectivity index (χ1n) is 7.22. The fraction of sp³-hybridized carbons (Fsp3) is 0.333. The average molecular weight is 378 g/mol. The number of likely N-dealkylation sites (tertiary alicyclic amines) is 1. The van der Waals surface area contributed by atoms with Crippen molar-refractivity contribution >= 4 is 33.4 Å². The third-order valence-corrected chi connectivity index (χ3v) is 4.11. The van der Waals surface area contributed by atoms with Gasteiger partial charge < -0.3 is 10.2 Å². The van der Waals surface area contributed by atoms with Crippen LogP contribution in [0.1, 0.15) is 33.0 Å². The lowest BCUT2D eigenvalue weighted by Crippen LogP contribution is -2.42. The van der Waals surface area contributed by atoms with Gasteiger partial charge in [-0.25, -0.2) is 4.98 Å². The van der Waals surface area contributed by atoms with Crippen LogP contribution in [0.5, 0.6) is 0 Å². The van der Waals surface area contributed by atoms with Crippen molar-refractivity contribution in [3.63, 3.8) is 0 Å². The highest BCUT2D eigenvalue weighted by Crippen LogP contribution is 2.19. The van der Waals surface area contributed by atoms with Crippen LogP contribution in [0.15, 0.2) is 22.9 Å². The van der Waals surface area contributed by atoms with Crippen molar-refractivity contribution in [3.05, 3.63) is 39.9 Å². The average Bonchev–Trinajstić information content (AvgIpc) is 2.77. The summed E-state index contributed by atoms with van der Waals surface area (Å²) in [6.45, 7) is 3.29. The summed E-state index contributed by atoms with van der Waals surface area (Å²) in [4.78, 5) is 30.9. The molecule has 2 aromatic heterocycles. The first-order valence-corrected chi connectivity index (χ1v) is 8.02. The number of anilines is 1. The van der Waals surface area contributed by atoms with Crippen LogP contribution in [0.2, 0.25) is 0 Å². The first-order chi connectivity index (χ1) is 11.0. The zero-order valence-corrected chi connectivity index (χ0v) is 14.4. The molecule has 0 bridgehead atoms. The van der Waals surface area contributed by atoms with Crippen LogP contribution in [-0.4, -0.2) is 44.6 Å². The smallest absolute Gasteiger partial charge is 0.274 e. The molecule has 120 valence electrons. The maximum Gasteiger partial charge on any atom is 0.274 e. The van der Waals surface area contributed by atoms with Crippen LogP contribution in [0.4, 0.5) is 5.69 Å². The molecule has 23 heavy (non-hydrogen) atoms.